The van der Waals surface area contributed by atoms with Gasteiger partial charge in [-0.15, -0.1) is 0 Å². The molecule has 0 unspecified atom stereocenters. The minimum absolute atomic E-state index is 0.0130. The molecule has 0 spiro atoms. The first-order chi connectivity index (χ1) is 9.27. The van der Waals surface area contributed by atoms with E-state index in [1.54, 1.807) is 25.1 Å². The maximum absolute atomic E-state index is 12.0. The summed E-state index contributed by atoms with van der Waals surface area (Å²) in [5, 5.41) is 0. The molecule has 0 aliphatic carbocycles. The zero-order chi connectivity index (χ0) is 15.2. The maximum atomic E-state index is 12.0. The lowest BCUT2D eigenvalue weighted by Gasteiger charge is -2.14. The third-order valence-electron chi connectivity index (χ3n) is 2.77. The molecule has 2 N–H and O–H groups in total. The highest BCUT2D eigenvalue weighted by atomic mass is 32.2. The molecule has 0 aromatic heterocycles. The lowest BCUT2D eigenvalue weighted by molar-refractivity contribution is 0.540. The second-order valence-corrected chi connectivity index (χ2v) is 8.26. The van der Waals surface area contributed by atoms with Crippen LogP contribution in [0.15, 0.2) is 35.2 Å². The average molecular weight is 320 g/mol. The average Bonchev–Trinajstić information content (AvgIpc) is 2.39. The fourth-order valence-corrected chi connectivity index (χ4v) is 3.72. The van der Waals surface area contributed by atoms with E-state index < -0.39 is 20.0 Å². The van der Waals surface area contributed by atoms with Crippen LogP contribution in [0.4, 0.5) is 0 Å². The number of rotatable bonds is 8. The predicted octanol–water partition coefficient (Wildman–Crippen LogP) is 0.683. The third kappa shape index (κ3) is 5.58. The summed E-state index contributed by atoms with van der Waals surface area (Å²) in [4.78, 5) is 0.203. The molecule has 0 radical (unpaired) electrons. The maximum Gasteiger partial charge on any atom is 0.240 e. The molecule has 0 heterocycles. The van der Waals surface area contributed by atoms with E-state index in [2.05, 4.69) is 9.44 Å². The molecule has 0 amide bonds. The molecule has 1 rings (SSSR count). The topological polar surface area (TPSA) is 92.3 Å². The summed E-state index contributed by atoms with van der Waals surface area (Å²) in [6.07, 6.45) is 0.842. The van der Waals surface area contributed by atoms with E-state index in [4.69, 9.17) is 0 Å². The van der Waals surface area contributed by atoms with Crippen LogP contribution in [0.3, 0.4) is 0 Å². The van der Waals surface area contributed by atoms with Crippen LogP contribution >= 0.6 is 0 Å². The molecule has 6 nitrogen and oxygen atoms in total. The summed E-state index contributed by atoms with van der Waals surface area (Å²) in [7, 11) is -5.43. The van der Waals surface area contributed by atoms with Crippen LogP contribution in [0.25, 0.3) is 0 Å². The molecule has 0 fully saturated rings. The standard InChI is InChI=1S/C12H20N2O4S2/c1-11(7-6-10-19(15,16)13-2)14-20(17,18)12-8-4-3-5-9-12/h3-5,8-9,11,13-14H,6-7,10H2,1-2H3/t11-/m1/s1. The van der Waals surface area contributed by atoms with E-state index in [0.717, 1.165) is 0 Å². The van der Waals surface area contributed by atoms with Gasteiger partial charge in [0.1, 0.15) is 0 Å². The Morgan fingerprint density at radius 2 is 1.70 bits per heavy atom. The zero-order valence-electron chi connectivity index (χ0n) is 11.5. The summed E-state index contributed by atoms with van der Waals surface area (Å²) in [5.41, 5.74) is 0. The van der Waals surface area contributed by atoms with Crippen LogP contribution in [0.1, 0.15) is 19.8 Å². The van der Waals surface area contributed by atoms with Gasteiger partial charge in [0.15, 0.2) is 0 Å². The molecule has 1 atom stereocenters. The van der Waals surface area contributed by atoms with E-state index in [1.807, 2.05) is 0 Å². The van der Waals surface area contributed by atoms with Crippen LogP contribution in [0.2, 0.25) is 0 Å². The number of hydrogen-bond donors (Lipinski definition) is 2. The highest BCUT2D eigenvalue weighted by Gasteiger charge is 2.17. The van der Waals surface area contributed by atoms with Crippen LogP contribution in [0, 0.1) is 0 Å². The highest BCUT2D eigenvalue weighted by molar-refractivity contribution is 7.89. The highest BCUT2D eigenvalue weighted by Crippen LogP contribution is 2.09. The first-order valence-electron chi connectivity index (χ1n) is 6.25. The molecule has 0 saturated heterocycles. The normalized spacial score (nSPS) is 14.1. The largest absolute Gasteiger partial charge is 0.240 e. The molecule has 8 heteroatoms. The first kappa shape index (κ1) is 17.1. The molecule has 1 aromatic carbocycles. The summed E-state index contributed by atoms with van der Waals surface area (Å²) < 4.78 is 51.3. The van der Waals surface area contributed by atoms with Gasteiger partial charge in [-0.1, -0.05) is 18.2 Å². The Morgan fingerprint density at radius 1 is 1.10 bits per heavy atom. The molecule has 0 aliphatic rings. The van der Waals surface area contributed by atoms with E-state index in [0.29, 0.717) is 12.8 Å². The van der Waals surface area contributed by atoms with Gasteiger partial charge in [0.2, 0.25) is 20.0 Å². The van der Waals surface area contributed by atoms with Crippen molar-refractivity contribution in [3.8, 4) is 0 Å². The van der Waals surface area contributed by atoms with Crippen molar-refractivity contribution >= 4 is 20.0 Å². The van der Waals surface area contributed by atoms with Crippen molar-refractivity contribution in [1.29, 1.82) is 0 Å². The predicted molar refractivity (Wildman–Crippen MR) is 78.3 cm³/mol. The van der Waals surface area contributed by atoms with Gasteiger partial charge in [0.25, 0.3) is 0 Å². The molecule has 114 valence electrons. The first-order valence-corrected chi connectivity index (χ1v) is 9.39. The molecule has 0 saturated carbocycles. The van der Waals surface area contributed by atoms with Gasteiger partial charge in [-0.05, 0) is 38.9 Å². The number of hydrogen-bond acceptors (Lipinski definition) is 4. The van der Waals surface area contributed by atoms with Crippen LogP contribution in [-0.4, -0.2) is 35.7 Å². The SMILES string of the molecule is CNS(=O)(=O)CCC[C@@H](C)NS(=O)(=O)c1ccccc1. The Kier molecular flexibility index (Phi) is 6.12. The fourth-order valence-electron chi connectivity index (χ4n) is 1.67. The smallest absolute Gasteiger partial charge is 0.218 e. The molecular formula is C12H20N2O4S2. The molecule has 1 aromatic rings. The Balaban J connectivity index is 2.53. The van der Waals surface area contributed by atoms with Crippen LogP contribution in [0.5, 0.6) is 0 Å². The van der Waals surface area contributed by atoms with Gasteiger partial charge in [-0.2, -0.15) is 0 Å². The Bertz CT molecular complexity index is 612. The summed E-state index contributed by atoms with van der Waals surface area (Å²) in [6, 6.07) is 7.75. The molecule has 20 heavy (non-hydrogen) atoms. The lowest BCUT2D eigenvalue weighted by atomic mass is 10.2. The van der Waals surface area contributed by atoms with Gasteiger partial charge < -0.3 is 0 Å². The molecular weight excluding hydrogens is 300 g/mol. The minimum atomic E-state index is -3.55. The van der Waals surface area contributed by atoms with Gasteiger partial charge >= 0.3 is 0 Å². The van der Waals surface area contributed by atoms with Crippen molar-refractivity contribution in [2.45, 2.75) is 30.7 Å². The monoisotopic (exact) mass is 320 g/mol. The van der Waals surface area contributed by atoms with Crippen molar-refractivity contribution in [1.82, 2.24) is 9.44 Å². The Hall–Kier alpha value is -0.960. The second kappa shape index (κ2) is 7.16. The van der Waals surface area contributed by atoms with Crippen molar-refractivity contribution in [3.63, 3.8) is 0 Å². The number of nitrogens with one attached hydrogen (secondary N) is 2. The van der Waals surface area contributed by atoms with Crippen molar-refractivity contribution in [3.05, 3.63) is 30.3 Å². The molecule has 0 bridgehead atoms. The van der Waals surface area contributed by atoms with Gasteiger partial charge in [-0.3, -0.25) is 0 Å². The van der Waals surface area contributed by atoms with Gasteiger partial charge in [0, 0.05) is 6.04 Å². The van der Waals surface area contributed by atoms with Crippen LogP contribution < -0.4 is 9.44 Å². The lowest BCUT2D eigenvalue weighted by Crippen LogP contribution is -2.33. The zero-order valence-corrected chi connectivity index (χ0v) is 13.2. The van der Waals surface area contributed by atoms with Crippen LogP contribution in [-0.2, 0) is 20.0 Å². The number of benzene rings is 1. The van der Waals surface area contributed by atoms with Crippen molar-refractivity contribution in [2.24, 2.45) is 0 Å². The van der Waals surface area contributed by atoms with Gasteiger partial charge in [-0.25, -0.2) is 26.3 Å². The van der Waals surface area contributed by atoms with E-state index in [9.17, 15) is 16.8 Å². The van der Waals surface area contributed by atoms with Gasteiger partial charge in [0.05, 0.1) is 10.6 Å². The van der Waals surface area contributed by atoms with E-state index in [1.165, 1.54) is 19.2 Å². The third-order valence-corrected chi connectivity index (χ3v) is 5.82. The Labute approximate surface area is 120 Å². The fraction of sp³-hybridized carbons (Fsp3) is 0.500. The van der Waals surface area contributed by atoms with E-state index in [-0.39, 0.29) is 16.7 Å². The second-order valence-electron chi connectivity index (χ2n) is 4.50. The summed E-state index contributed by atoms with van der Waals surface area (Å²) >= 11 is 0. The van der Waals surface area contributed by atoms with E-state index >= 15 is 0 Å². The quantitative estimate of drug-likeness (QED) is 0.737. The van der Waals surface area contributed by atoms with Crippen molar-refractivity contribution < 1.29 is 16.8 Å². The number of sulfonamides is 2. The summed E-state index contributed by atoms with van der Waals surface area (Å²) in [5.74, 6) is -0.0130. The Morgan fingerprint density at radius 3 is 2.25 bits per heavy atom. The van der Waals surface area contributed by atoms with Crippen molar-refractivity contribution in [2.75, 3.05) is 12.8 Å². The molecule has 0 aliphatic heterocycles. The minimum Gasteiger partial charge on any atom is -0.218 e. The summed E-state index contributed by atoms with van der Waals surface area (Å²) in [6.45, 7) is 1.71.